The van der Waals surface area contributed by atoms with Crippen molar-refractivity contribution in [1.82, 2.24) is 35.7 Å². The lowest BCUT2D eigenvalue weighted by molar-refractivity contribution is 0.0942. The van der Waals surface area contributed by atoms with Crippen LogP contribution in [0.5, 0.6) is 0 Å². The van der Waals surface area contributed by atoms with E-state index in [1.54, 1.807) is 6.92 Å². The Kier molecular flexibility index (Phi) is 8.37. The van der Waals surface area contributed by atoms with Crippen LogP contribution in [0.15, 0.2) is 22.6 Å². The van der Waals surface area contributed by atoms with Gasteiger partial charge in [-0.2, -0.15) is 10.2 Å². The smallest absolute Gasteiger partial charge is 0.269 e. The summed E-state index contributed by atoms with van der Waals surface area (Å²) in [5.74, 6) is -1.56. The molecule has 0 aliphatic rings. The van der Waals surface area contributed by atoms with E-state index in [2.05, 4.69) is 41.0 Å². The van der Waals surface area contributed by atoms with E-state index in [0.717, 1.165) is 0 Å². The van der Waals surface area contributed by atoms with Crippen molar-refractivity contribution in [3.63, 3.8) is 0 Å². The predicted molar refractivity (Wildman–Crippen MR) is 126 cm³/mol. The molecule has 0 unspecified atom stereocenters. The van der Waals surface area contributed by atoms with Crippen molar-refractivity contribution in [3.8, 4) is 0 Å². The molecule has 1 aromatic carbocycles. The highest BCUT2D eigenvalue weighted by Crippen LogP contribution is 2.21. The third kappa shape index (κ3) is 6.04. The van der Waals surface area contributed by atoms with Crippen molar-refractivity contribution in [3.05, 3.63) is 75.1 Å². The minimum Gasteiger partial charge on any atom is -0.443 e. The zero-order valence-corrected chi connectivity index (χ0v) is 20.5. The summed E-state index contributed by atoms with van der Waals surface area (Å²) in [6, 6.07) is 2.64. The Morgan fingerprint density at radius 3 is 2.56 bits per heavy atom. The Labute approximate surface area is 213 Å². The van der Waals surface area contributed by atoms with E-state index >= 15 is 0 Å². The van der Waals surface area contributed by atoms with Crippen molar-refractivity contribution < 1.29 is 22.8 Å². The summed E-state index contributed by atoms with van der Waals surface area (Å²) >= 11 is 5.80. The van der Waals surface area contributed by atoms with Crippen molar-refractivity contribution in [2.45, 2.75) is 33.2 Å². The Bertz CT molecular complexity index is 1400. The molecule has 0 spiro atoms. The largest absolute Gasteiger partial charge is 0.443 e. The number of nitrogens with one attached hydrogen (secondary N) is 4. The average Bonchev–Trinajstić information content (AvgIpc) is 3.55. The summed E-state index contributed by atoms with van der Waals surface area (Å²) in [6.45, 7) is 3.75. The molecule has 4 N–H and O–H groups in total. The van der Waals surface area contributed by atoms with Crippen molar-refractivity contribution in [2.75, 3.05) is 5.32 Å². The molecule has 0 atom stereocenters. The van der Waals surface area contributed by atoms with Gasteiger partial charge in [-0.05, 0) is 19.1 Å². The third-order valence-corrected chi connectivity index (χ3v) is 5.19. The SMILES string of the molecule is CCc1n[nH]c(Cc2nc(C)c(CNC(=O)c3cc(NC(=O)c4cc(F)c(F)cc4Cl)n[nH]3)o2)n1.Cl. The molecule has 0 aliphatic heterocycles. The highest BCUT2D eigenvalue weighted by molar-refractivity contribution is 6.34. The number of carbonyl (C=O) groups is 2. The minimum absolute atomic E-state index is 0. The van der Waals surface area contributed by atoms with Gasteiger partial charge in [0, 0.05) is 12.5 Å². The Hall–Kier alpha value is -3.84. The van der Waals surface area contributed by atoms with Gasteiger partial charge in [0.05, 0.1) is 29.2 Å². The first-order valence-corrected chi connectivity index (χ1v) is 10.8. The summed E-state index contributed by atoms with van der Waals surface area (Å²) in [6.07, 6.45) is 1.03. The van der Waals surface area contributed by atoms with Crippen LogP contribution in [0, 0.1) is 18.6 Å². The number of hydrogen-bond acceptors (Lipinski definition) is 7. The topological polar surface area (TPSA) is 154 Å². The van der Waals surface area contributed by atoms with Crippen LogP contribution in [0.25, 0.3) is 0 Å². The van der Waals surface area contributed by atoms with E-state index < -0.39 is 23.4 Å². The number of rotatable bonds is 8. The van der Waals surface area contributed by atoms with Crippen LogP contribution in [0.2, 0.25) is 5.02 Å². The van der Waals surface area contributed by atoms with E-state index in [-0.39, 0.29) is 41.0 Å². The lowest BCUT2D eigenvalue weighted by atomic mass is 10.2. The number of benzene rings is 1. The van der Waals surface area contributed by atoms with Gasteiger partial charge in [-0.1, -0.05) is 18.5 Å². The average molecular weight is 541 g/mol. The van der Waals surface area contributed by atoms with Crippen molar-refractivity contribution in [2.24, 2.45) is 0 Å². The second-order valence-electron chi connectivity index (χ2n) is 7.39. The van der Waals surface area contributed by atoms with Gasteiger partial charge in [0.25, 0.3) is 11.8 Å². The molecule has 0 fully saturated rings. The van der Waals surface area contributed by atoms with Crippen LogP contribution in [0.4, 0.5) is 14.6 Å². The zero-order chi connectivity index (χ0) is 25.1. The van der Waals surface area contributed by atoms with Crippen LogP contribution in [0.3, 0.4) is 0 Å². The monoisotopic (exact) mass is 540 g/mol. The standard InChI is InChI=1S/C21H19ClF2N8O3.ClH/c1-3-16-27-18(32-30-16)7-19-26-9(2)15(35-19)8-25-21(34)14-6-17(31-29-14)28-20(33)10-4-12(23)13(24)5-11(10)22;/h4-6H,3,7-8H2,1-2H3,(H,25,34)(H,27,30,32)(H2,28,29,31,33);1H. The van der Waals surface area contributed by atoms with E-state index in [9.17, 15) is 18.4 Å². The normalized spacial score (nSPS) is 10.7. The van der Waals surface area contributed by atoms with Crippen molar-refractivity contribution in [1.29, 1.82) is 0 Å². The van der Waals surface area contributed by atoms with Crippen LogP contribution in [-0.4, -0.2) is 42.2 Å². The molecule has 0 saturated carbocycles. The maximum atomic E-state index is 13.4. The molecule has 36 heavy (non-hydrogen) atoms. The minimum atomic E-state index is -1.22. The van der Waals surface area contributed by atoms with Gasteiger partial charge in [-0.15, -0.1) is 12.4 Å². The maximum absolute atomic E-state index is 13.4. The summed E-state index contributed by atoms with van der Waals surface area (Å²) < 4.78 is 32.4. The first kappa shape index (κ1) is 26.8. The molecule has 0 radical (unpaired) electrons. The summed E-state index contributed by atoms with van der Waals surface area (Å²) in [7, 11) is 0. The molecular formula is C21H20Cl2F2N8O3. The van der Waals surface area contributed by atoms with Gasteiger partial charge >= 0.3 is 0 Å². The fraction of sp³-hybridized carbons (Fsp3) is 0.238. The highest BCUT2D eigenvalue weighted by Gasteiger charge is 2.18. The summed E-state index contributed by atoms with van der Waals surface area (Å²) in [5, 5.41) is 17.9. The van der Waals surface area contributed by atoms with Gasteiger partial charge in [0.2, 0.25) is 5.89 Å². The van der Waals surface area contributed by atoms with E-state index in [0.29, 0.717) is 54.0 Å². The lowest BCUT2D eigenvalue weighted by Gasteiger charge is -2.05. The molecule has 4 aromatic rings. The first-order valence-electron chi connectivity index (χ1n) is 10.4. The van der Waals surface area contributed by atoms with Gasteiger partial charge in [-0.25, -0.2) is 18.7 Å². The van der Waals surface area contributed by atoms with Gasteiger partial charge in [0.1, 0.15) is 23.1 Å². The van der Waals surface area contributed by atoms with Crippen molar-refractivity contribution >= 4 is 41.6 Å². The van der Waals surface area contributed by atoms with E-state index in [1.165, 1.54) is 6.07 Å². The molecule has 3 aromatic heterocycles. The molecule has 4 rings (SSSR count). The molecule has 11 nitrogen and oxygen atoms in total. The number of aryl methyl sites for hydroxylation is 2. The predicted octanol–water partition coefficient (Wildman–Crippen LogP) is 3.51. The molecule has 15 heteroatoms. The molecule has 190 valence electrons. The molecule has 3 heterocycles. The number of nitrogens with zero attached hydrogens (tertiary/aromatic N) is 4. The second-order valence-corrected chi connectivity index (χ2v) is 7.80. The fourth-order valence-electron chi connectivity index (χ4n) is 3.08. The van der Waals surface area contributed by atoms with Gasteiger partial charge < -0.3 is 15.1 Å². The quantitative estimate of drug-likeness (QED) is 0.249. The lowest BCUT2D eigenvalue weighted by Crippen LogP contribution is -2.23. The van der Waals surface area contributed by atoms with E-state index in [1.807, 2.05) is 6.92 Å². The third-order valence-electron chi connectivity index (χ3n) is 4.88. The Morgan fingerprint density at radius 1 is 1.08 bits per heavy atom. The number of H-pyrrole nitrogens is 2. The number of halogens is 4. The number of amides is 2. The number of carbonyl (C=O) groups excluding carboxylic acids is 2. The highest BCUT2D eigenvalue weighted by atomic mass is 35.5. The van der Waals surface area contributed by atoms with Gasteiger partial charge in [0.15, 0.2) is 17.5 Å². The van der Waals surface area contributed by atoms with E-state index in [4.69, 9.17) is 16.0 Å². The van der Waals surface area contributed by atoms with Crippen LogP contribution in [0.1, 0.15) is 56.8 Å². The molecule has 2 amide bonds. The number of oxazole rings is 1. The molecule has 0 aliphatic carbocycles. The van der Waals surface area contributed by atoms with Gasteiger partial charge in [-0.3, -0.25) is 19.8 Å². The first-order chi connectivity index (χ1) is 16.7. The number of hydrogen-bond donors (Lipinski definition) is 4. The number of aromatic amines is 2. The summed E-state index contributed by atoms with van der Waals surface area (Å²) in [4.78, 5) is 33.4. The zero-order valence-electron chi connectivity index (χ0n) is 18.9. The molecular weight excluding hydrogens is 521 g/mol. The van der Waals surface area contributed by atoms with Crippen LogP contribution < -0.4 is 10.6 Å². The second kappa shape index (κ2) is 11.3. The van der Waals surface area contributed by atoms with Crippen LogP contribution in [-0.2, 0) is 19.4 Å². The Morgan fingerprint density at radius 2 is 1.83 bits per heavy atom. The number of anilines is 1. The fourth-order valence-corrected chi connectivity index (χ4v) is 3.32. The number of aromatic nitrogens is 6. The Balaban J connectivity index is 0.00000361. The summed E-state index contributed by atoms with van der Waals surface area (Å²) in [5.41, 5.74) is 0.367. The maximum Gasteiger partial charge on any atom is 0.269 e. The van der Waals surface area contributed by atoms with Crippen LogP contribution >= 0.6 is 24.0 Å². The molecule has 0 saturated heterocycles. The molecule has 0 bridgehead atoms.